The topological polar surface area (TPSA) is 0 Å². The van der Waals surface area contributed by atoms with Crippen LogP contribution in [-0.4, -0.2) is 49.3 Å². The summed E-state index contributed by atoms with van der Waals surface area (Å²) < 4.78 is 0. The van der Waals surface area contributed by atoms with E-state index in [1.54, 1.807) is 81.4 Å². The lowest BCUT2D eigenvalue weighted by atomic mass is 10.2. The number of hydrogen-bond acceptors (Lipinski definition) is 0. The molecule has 0 aliphatic heterocycles. The van der Waals surface area contributed by atoms with Gasteiger partial charge in [-0.25, -0.2) is 0 Å². The summed E-state index contributed by atoms with van der Waals surface area (Å²) in [6.07, 6.45) is 45.7. The fourth-order valence-corrected chi connectivity index (χ4v) is 16.8. The van der Waals surface area contributed by atoms with E-state index in [9.17, 15) is 0 Å². The van der Waals surface area contributed by atoms with Gasteiger partial charge in [-0.3, -0.25) is 0 Å². The van der Waals surface area contributed by atoms with Crippen molar-refractivity contribution in [2.45, 2.75) is 183 Å². The first kappa shape index (κ1) is 46.2. The summed E-state index contributed by atoms with van der Waals surface area (Å²) in [4.78, 5) is 0. The molecular weight excluding hydrogens is 654 g/mol. The maximum absolute atomic E-state index is 2.41. The fourth-order valence-electron chi connectivity index (χ4n) is 6.69. The molecule has 40 heavy (non-hydrogen) atoms. The van der Waals surface area contributed by atoms with Gasteiger partial charge < -0.3 is 34.0 Å². The minimum atomic E-state index is -0.735. The molecule has 0 nitrogen and oxygen atoms in total. The number of unbranched alkanes of at least 4 members (excludes halogenated alkanes) is 15. The molecular formula is C36H78Br2P2. The Morgan fingerprint density at radius 2 is 0.400 bits per heavy atom. The predicted octanol–water partition coefficient (Wildman–Crippen LogP) is 7.73. The normalized spacial score (nSPS) is 11.8. The molecule has 4 heteroatoms. The smallest absolute Gasteiger partial charge is 0.0594 e. The SMILES string of the molecule is CCCCCC[P+](CCCCCC)(CCCCCC)CCCCCC[P+](CCCC)(CCCC)CCCC.[Br-].[Br-]. The Morgan fingerprint density at radius 1 is 0.225 bits per heavy atom. The zero-order valence-corrected chi connectivity index (χ0v) is 33.8. The summed E-state index contributed by atoms with van der Waals surface area (Å²) in [5, 5.41) is 0. The molecule has 0 amide bonds. The predicted molar refractivity (Wildman–Crippen MR) is 188 cm³/mol. The minimum absolute atomic E-state index is 0. The van der Waals surface area contributed by atoms with Crippen LogP contribution in [0.2, 0.25) is 0 Å². The quantitative estimate of drug-likeness (QED) is 0.0506. The third-order valence-corrected chi connectivity index (χ3v) is 19.6. The van der Waals surface area contributed by atoms with Gasteiger partial charge in [0.05, 0.1) is 49.3 Å². The van der Waals surface area contributed by atoms with E-state index in [0.29, 0.717) is 0 Å². The molecule has 0 atom stereocenters. The van der Waals surface area contributed by atoms with Crippen molar-refractivity contribution in [3.05, 3.63) is 0 Å². The van der Waals surface area contributed by atoms with E-state index in [-0.39, 0.29) is 34.0 Å². The van der Waals surface area contributed by atoms with Gasteiger partial charge in [0.15, 0.2) is 0 Å². The first-order valence-electron chi connectivity index (χ1n) is 18.3. The van der Waals surface area contributed by atoms with Crippen LogP contribution in [0.15, 0.2) is 0 Å². The molecule has 0 radical (unpaired) electrons. The standard InChI is InChI=1S/C36H78P2.2BrH/c1-7-13-19-24-32-38(33-25-20-14-8-2,34-26-21-15-9-3)36-28-23-22-27-35-37(29-16-10-4,30-17-11-5)31-18-12-6;;/h7-36H2,1-6H3;2*1H/q+2;;/p-2. The summed E-state index contributed by atoms with van der Waals surface area (Å²) in [6.45, 7) is 14.4. The highest BCUT2D eigenvalue weighted by atomic mass is 79.9. The van der Waals surface area contributed by atoms with Crippen molar-refractivity contribution in [1.29, 1.82) is 0 Å². The third-order valence-electron chi connectivity index (χ3n) is 9.43. The molecule has 0 aromatic carbocycles. The van der Waals surface area contributed by atoms with Gasteiger partial charge in [0, 0.05) is 14.5 Å². The number of hydrogen-bond donors (Lipinski definition) is 0. The number of halogens is 2. The Labute approximate surface area is 279 Å². The molecule has 0 aromatic rings. The van der Waals surface area contributed by atoms with Gasteiger partial charge in [-0.2, -0.15) is 0 Å². The Balaban J connectivity index is -0.00000684. The van der Waals surface area contributed by atoms with Gasteiger partial charge in [0.25, 0.3) is 0 Å². The van der Waals surface area contributed by atoms with Crippen LogP contribution in [0.5, 0.6) is 0 Å². The maximum atomic E-state index is 2.41. The molecule has 0 aromatic heterocycles. The summed E-state index contributed by atoms with van der Waals surface area (Å²) in [5.74, 6) is 0. The molecule has 0 heterocycles. The molecule has 246 valence electrons. The molecule has 0 saturated carbocycles. The largest absolute Gasteiger partial charge is 1.00 e. The van der Waals surface area contributed by atoms with Crippen molar-refractivity contribution in [2.75, 3.05) is 49.3 Å². The van der Waals surface area contributed by atoms with Gasteiger partial charge in [0.2, 0.25) is 0 Å². The van der Waals surface area contributed by atoms with Crippen molar-refractivity contribution in [3.8, 4) is 0 Å². The lowest BCUT2D eigenvalue weighted by Gasteiger charge is -2.29. The molecule has 0 aliphatic rings. The van der Waals surface area contributed by atoms with Gasteiger partial charge in [-0.1, -0.05) is 99.3 Å². The molecule has 0 spiro atoms. The van der Waals surface area contributed by atoms with Gasteiger partial charge in [-0.05, 0) is 83.5 Å². The van der Waals surface area contributed by atoms with E-state index in [2.05, 4.69) is 41.5 Å². The van der Waals surface area contributed by atoms with Crippen LogP contribution in [-0.2, 0) is 0 Å². The molecule has 0 N–H and O–H groups in total. The van der Waals surface area contributed by atoms with Gasteiger partial charge in [-0.15, -0.1) is 0 Å². The summed E-state index contributed by atoms with van der Waals surface area (Å²) in [5.41, 5.74) is 0. The molecule has 0 rings (SSSR count). The lowest BCUT2D eigenvalue weighted by Crippen LogP contribution is -3.00. The Hall–Kier alpha value is 1.82. The van der Waals surface area contributed by atoms with E-state index < -0.39 is 14.5 Å². The van der Waals surface area contributed by atoms with Gasteiger partial charge in [0.1, 0.15) is 0 Å². The zero-order chi connectivity index (χ0) is 28.2. The highest BCUT2D eigenvalue weighted by molar-refractivity contribution is 7.76. The Kier molecular flexibility index (Phi) is 39.0. The first-order valence-corrected chi connectivity index (χ1v) is 23.3. The van der Waals surface area contributed by atoms with Crippen LogP contribution in [0.3, 0.4) is 0 Å². The summed E-state index contributed by atoms with van der Waals surface area (Å²) >= 11 is 0. The van der Waals surface area contributed by atoms with Crippen molar-refractivity contribution in [2.24, 2.45) is 0 Å². The van der Waals surface area contributed by atoms with Crippen LogP contribution >= 0.6 is 14.5 Å². The van der Waals surface area contributed by atoms with Crippen LogP contribution in [0.4, 0.5) is 0 Å². The van der Waals surface area contributed by atoms with Crippen LogP contribution in [0.25, 0.3) is 0 Å². The van der Waals surface area contributed by atoms with Crippen LogP contribution < -0.4 is 34.0 Å². The average molecular weight is 733 g/mol. The Morgan fingerprint density at radius 3 is 0.600 bits per heavy atom. The second-order valence-corrected chi connectivity index (χ2v) is 22.1. The molecule has 0 aliphatic carbocycles. The highest BCUT2D eigenvalue weighted by Crippen LogP contribution is 2.62. The van der Waals surface area contributed by atoms with Crippen molar-refractivity contribution < 1.29 is 34.0 Å². The average Bonchev–Trinajstić information content (AvgIpc) is 2.94. The van der Waals surface area contributed by atoms with E-state index in [1.165, 1.54) is 109 Å². The van der Waals surface area contributed by atoms with E-state index in [4.69, 9.17) is 0 Å². The van der Waals surface area contributed by atoms with Gasteiger partial charge >= 0.3 is 0 Å². The van der Waals surface area contributed by atoms with Crippen LogP contribution in [0, 0.1) is 0 Å². The van der Waals surface area contributed by atoms with E-state index >= 15 is 0 Å². The molecule has 0 unspecified atom stereocenters. The molecule has 0 fully saturated rings. The van der Waals surface area contributed by atoms with E-state index in [1.807, 2.05) is 0 Å². The van der Waals surface area contributed by atoms with Crippen LogP contribution in [0.1, 0.15) is 183 Å². The van der Waals surface area contributed by atoms with Crippen molar-refractivity contribution in [3.63, 3.8) is 0 Å². The van der Waals surface area contributed by atoms with Crippen molar-refractivity contribution >= 4 is 14.5 Å². The maximum Gasteiger partial charge on any atom is 0.0594 e. The third kappa shape index (κ3) is 25.2. The lowest BCUT2D eigenvalue weighted by molar-refractivity contribution is -0.00100. The zero-order valence-electron chi connectivity index (χ0n) is 28.9. The summed E-state index contributed by atoms with van der Waals surface area (Å²) in [6, 6.07) is 0. The molecule has 0 saturated heterocycles. The minimum Gasteiger partial charge on any atom is -1.00 e. The Bertz CT molecular complexity index is 419. The second kappa shape index (κ2) is 33.7. The number of rotatable bonds is 31. The van der Waals surface area contributed by atoms with E-state index in [0.717, 1.165) is 0 Å². The summed E-state index contributed by atoms with van der Waals surface area (Å²) in [7, 11) is -1.42. The highest BCUT2D eigenvalue weighted by Gasteiger charge is 2.36. The first-order chi connectivity index (χ1) is 18.6. The second-order valence-electron chi connectivity index (χ2n) is 13.1. The van der Waals surface area contributed by atoms with Crippen molar-refractivity contribution in [1.82, 2.24) is 0 Å². The monoisotopic (exact) mass is 730 g/mol. The molecule has 0 bridgehead atoms. The fraction of sp³-hybridized carbons (Fsp3) is 1.00.